The molecule has 0 saturated carbocycles. The molecule has 0 spiro atoms. The smallest absolute Gasteiger partial charge is 0.126 e. The fourth-order valence-electron chi connectivity index (χ4n) is 2.09. The third-order valence-corrected chi connectivity index (χ3v) is 3.41. The second-order valence-electron chi connectivity index (χ2n) is 4.93. The van der Waals surface area contributed by atoms with Crippen LogP contribution in [0.1, 0.15) is 36.6 Å². The molecular formula is C17H20FN. The first-order valence-electron chi connectivity index (χ1n) is 6.71. The van der Waals surface area contributed by atoms with E-state index in [1.807, 2.05) is 31.2 Å². The molecule has 2 heteroatoms. The molecule has 0 aliphatic heterocycles. The molecule has 1 unspecified atom stereocenters. The monoisotopic (exact) mass is 257 g/mol. The Balaban J connectivity index is 2.15. The number of rotatable bonds is 4. The lowest BCUT2D eigenvalue weighted by Crippen LogP contribution is -2.07. The van der Waals surface area contributed by atoms with E-state index in [0.717, 1.165) is 17.7 Å². The molecule has 1 nitrogen and oxygen atoms in total. The normalized spacial score (nSPS) is 12.2. The Hall–Kier alpha value is -1.83. The minimum absolute atomic E-state index is 0.0854. The summed E-state index contributed by atoms with van der Waals surface area (Å²) in [6.07, 6.45) is 1.02. The van der Waals surface area contributed by atoms with Crippen molar-refractivity contribution in [3.63, 3.8) is 0 Å². The van der Waals surface area contributed by atoms with Crippen LogP contribution in [0.3, 0.4) is 0 Å². The van der Waals surface area contributed by atoms with Crippen LogP contribution < -0.4 is 5.32 Å². The first kappa shape index (κ1) is 13.6. The minimum Gasteiger partial charge on any atom is -0.379 e. The second kappa shape index (κ2) is 5.87. The topological polar surface area (TPSA) is 12.0 Å². The van der Waals surface area contributed by atoms with Crippen molar-refractivity contribution >= 4 is 5.69 Å². The summed E-state index contributed by atoms with van der Waals surface area (Å²) in [5.74, 6) is -0.145. The highest BCUT2D eigenvalue weighted by atomic mass is 19.1. The third kappa shape index (κ3) is 3.34. The number of hydrogen-bond donors (Lipinski definition) is 1. The summed E-state index contributed by atoms with van der Waals surface area (Å²) in [5.41, 5.74) is 4.02. The number of aryl methyl sites for hydroxylation is 2. The van der Waals surface area contributed by atoms with Crippen LogP contribution in [0.4, 0.5) is 10.1 Å². The Morgan fingerprint density at radius 1 is 1.16 bits per heavy atom. The Morgan fingerprint density at radius 2 is 1.95 bits per heavy atom. The van der Waals surface area contributed by atoms with Crippen LogP contribution in [0.25, 0.3) is 0 Å². The summed E-state index contributed by atoms with van der Waals surface area (Å²) < 4.78 is 13.6. The van der Waals surface area contributed by atoms with Gasteiger partial charge in [-0.2, -0.15) is 0 Å². The number of benzene rings is 2. The molecule has 2 aromatic carbocycles. The average molecular weight is 257 g/mol. The van der Waals surface area contributed by atoms with Gasteiger partial charge < -0.3 is 5.32 Å². The van der Waals surface area contributed by atoms with E-state index in [0.29, 0.717) is 5.56 Å². The fraction of sp³-hybridized carbons (Fsp3) is 0.294. The summed E-state index contributed by atoms with van der Waals surface area (Å²) >= 11 is 0. The van der Waals surface area contributed by atoms with Gasteiger partial charge in [0.05, 0.1) is 0 Å². The molecule has 0 aliphatic rings. The molecule has 1 N–H and O–H groups in total. The molecule has 100 valence electrons. The maximum atomic E-state index is 13.6. The predicted molar refractivity (Wildman–Crippen MR) is 79.0 cm³/mol. The van der Waals surface area contributed by atoms with Gasteiger partial charge in [-0.3, -0.25) is 0 Å². The van der Waals surface area contributed by atoms with E-state index >= 15 is 0 Å². The largest absolute Gasteiger partial charge is 0.379 e. The van der Waals surface area contributed by atoms with E-state index in [1.165, 1.54) is 5.56 Å². The van der Waals surface area contributed by atoms with Crippen LogP contribution in [0.2, 0.25) is 0 Å². The Kier molecular flexibility index (Phi) is 4.20. The fourth-order valence-corrected chi connectivity index (χ4v) is 2.09. The van der Waals surface area contributed by atoms with Crippen LogP contribution in [0.5, 0.6) is 0 Å². The molecule has 2 rings (SSSR count). The van der Waals surface area contributed by atoms with Crippen LogP contribution in [-0.2, 0) is 6.42 Å². The van der Waals surface area contributed by atoms with Crippen molar-refractivity contribution in [2.24, 2.45) is 0 Å². The standard InChI is InChI=1S/C17H20FN/c1-4-14-6-5-7-16(10-14)19-13(3)15-9-8-12(2)17(18)11-15/h5-11,13,19H,4H2,1-3H3. The van der Waals surface area contributed by atoms with Gasteiger partial charge in [0.2, 0.25) is 0 Å². The van der Waals surface area contributed by atoms with E-state index in [-0.39, 0.29) is 11.9 Å². The van der Waals surface area contributed by atoms with Crippen LogP contribution >= 0.6 is 0 Å². The molecule has 1 atom stereocenters. The highest BCUT2D eigenvalue weighted by Crippen LogP contribution is 2.21. The van der Waals surface area contributed by atoms with Crippen molar-refractivity contribution in [3.05, 3.63) is 65.0 Å². The van der Waals surface area contributed by atoms with Gasteiger partial charge in [-0.05, 0) is 55.2 Å². The van der Waals surface area contributed by atoms with Crippen molar-refractivity contribution < 1.29 is 4.39 Å². The van der Waals surface area contributed by atoms with Gasteiger partial charge in [-0.25, -0.2) is 4.39 Å². The van der Waals surface area contributed by atoms with Gasteiger partial charge in [0.15, 0.2) is 0 Å². The van der Waals surface area contributed by atoms with E-state index in [2.05, 4.69) is 24.4 Å². The molecule has 0 bridgehead atoms. The quantitative estimate of drug-likeness (QED) is 0.824. The van der Waals surface area contributed by atoms with Crippen molar-refractivity contribution in [2.75, 3.05) is 5.32 Å². The van der Waals surface area contributed by atoms with Crippen molar-refractivity contribution in [1.82, 2.24) is 0 Å². The molecule has 0 heterocycles. The molecule has 19 heavy (non-hydrogen) atoms. The van der Waals surface area contributed by atoms with Crippen molar-refractivity contribution in [3.8, 4) is 0 Å². The second-order valence-corrected chi connectivity index (χ2v) is 4.93. The molecule has 0 aliphatic carbocycles. The lowest BCUT2D eigenvalue weighted by molar-refractivity contribution is 0.614. The molecule has 0 fully saturated rings. The SMILES string of the molecule is CCc1cccc(NC(C)c2ccc(C)c(F)c2)c1. The van der Waals surface area contributed by atoms with E-state index in [4.69, 9.17) is 0 Å². The minimum atomic E-state index is -0.145. The summed E-state index contributed by atoms with van der Waals surface area (Å²) in [5, 5.41) is 3.41. The Morgan fingerprint density at radius 3 is 2.63 bits per heavy atom. The highest BCUT2D eigenvalue weighted by Gasteiger charge is 2.07. The van der Waals surface area contributed by atoms with Gasteiger partial charge in [-0.15, -0.1) is 0 Å². The van der Waals surface area contributed by atoms with Gasteiger partial charge in [0, 0.05) is 11.7 Å². The molecule has 0 amide bonds. The summed E-state index contributed by atoms with van der Waals surface area (Å²) in [4.78, 5) is 0. The van der Waals surface area contributed by atoms with Gasteiger partial charge in [-0.1, -0.05) is 31.2 Å². The van der Waals surface area contributed by atoms with E-state index < -0.39 is 0 Å². The Bertz CT molecular complexity index is 563. The van der Waals surface area contributed by atoms with E-state index in [1.54, 1.807) is 13.0 Å². The third-order valence-electron chi connectivity index (χ3n) is 3.41. The molecule has 0 saturated heterocycles. The maximum absolute atomic E-state index is 13.6. The zero-order valence-electron chi connectivity index (χ0n) is 11.7. The predicted octanol–water partition coefficient (Wildman–Crippen LogP) is 4.87. The highest BCUT2D eigenvalue weighted by molar-refractivity contribution is 5.47. The molecule has 2 aromatic rings. The zero-order chi connectivity index (χ0) is 13.8. The van der Waals surface area contributed by atoms with Crippen LogP contribution in [0.15, 0.2) is 42.5 Å². The number of nitrogens with one attached hydrogen (secondary N) is 1. The van der Waals surface area contributed by atoms with Crippen LogP contribution in [0, 0.1) is 12.7 Å². The number of hydrogen-bond acceptors (Lipinski definition) is 1. The lowest BCUT2D eigenvalue weighted by atomic mass is 10.1. The lowest BCUT2D eigenvalue weighted by Gasteiger charge is -2.17. The van der Waals surface area contributed by atoms with E-state index in [9.17, 15) is 4.39 Å². The number of halogens is 1. The van der Waals surface area contributed by atoms with Gasteiger partial charge in [0.1, 0.15) is 5.82 Å². The van der Waals surface area contributed by atoms with Crippen molar-refractivity contribution in [1.29, 1.82) is 0 Å². The van der Waals surface area contributed by atoms with Crippen LogP contribution in [-0.4, -0.2) is 0 Å². The van der Waals surface area contributed by atoms with Gasteiger partial charge >= 0.3 is 0 Å². The zero-order valence-corrected chi connectivity index (χ0v) is 11.7. The first-order chi connectivity index (χ1) is 9.10. The molecule has 0 aromatic heterocycles. The maximum Gasteiger partial charge on any atom is 0.126 e. The molecular weight excluding hydrogens is 237 g/mol. The summed E-state index contributed by atoms with van der Waals surface area (Å²) in [7, 11) is 0. The summed E-state index contributed by atoms with van der Waals surface area (Å²) in [6, 6.07) is 13.8. The summed E-state index contributed by atoms with van der Waals surface area (Å²) in [6.45, 7) is 5.96. The van der Waals surface area contributed by atoms with Gasteiger partial charge in [0.25, 0.3) is 0 Å². The molecule has 0 radical (unpaired) electrons. The average Bonchev–Trinajstić information content (AvgIpc) is 2.42. The Labute approximate surface area is 114 Å². The number of anilines is 1. The van der Waals surface area contributed by atoms with Crippen molar-refractivity contribution in [2.45, 2.75) is 33.2 Å². The first-order valence-corrected chi connectivity index (χ1v) is 6.71.